The van der Waals surface area contributed by atoms with Gasteiger partial charge in [0.05, 0.1) is 6.54 Å². The van der Waals surface area contributed by atoms with Crippen molar-refractivity contribution >= 4 is 17.7 Å². The topological polar surface area (TPSA) is 78.5 Å². The van der Waals surface area contributed by atoms with Crippen LogP contribution in [0.3, 0.4) is 0 Å². The molecule has 0 aromatic carbocycles. The zero-order valence-corrected chi connectivity index (χ0v) is 17.4. The lowest BCUT2D eigenvalue weighted by molar-refractivity contribution is -0.133. The van der Waals surface area contributed by atoms with Gasteiger partial charge in [0, 0.05) is 31.5 Å². The van der Waals surface area contributed by atoms with Crippen molar-refractivity contribution in [2.45, 2.75) is 83.6 Å². The first-order valence-corrected chi connectivity index (χ1v) is 11.4. The summed E-state index contributed by atoms with van der Waals surface area (Å²) in [7, 11) is 0. The summed E-state index contributed by atoms with van der Waals surface area (Å²) in [6, 6.07) is 0.210. The summed E-state index contributed by atoms with van der Waals surface area (Å²) >= 11 is 0. The highest BCUT2D eigenvalue weighted by atomic mass is 16.2. The van der Waals surface area contributed by atoms with Crippen molar-refractivity contribution in [3.05, 3.63) is 0 Å². The summed E-state index contributed by atoms with van der Waals surface area (Å²) in [5.41, 5.74) is 0. The van der Waals surface area contributed by atoms with E-state index in [-0.39, 0.29) is 36.2 Å². The number of nitrogens with one attached hydrogen (secondary N) is 2. The number of likely N-dealkylation sites (tertiary alicyclic amines) is 1. The molecule has 2 aliphatic carbocycles. The van der Waals surface area contributed by atoms with Crippen LogP contribution in [0.4, 0.5) is 0 Å². The maximum atomic E-state index is 12.4. The number of carbonyl (C=O) groups is 3. The number of nitrogens with zero attached hydrogens (tertiary/aromatic N) is 1. The van der Waals surface area contributed by atoms with Crippen LogP contribution in [-0.4, -0.2) is 48.3 Å². The Morgan fingerprint density at radius 3 is 2.29 bits per heavy atom. The van der Waals surface area contributed by atoms with Crippen LogP contribution in [0, 0.1) is 17.8 Å². The van der Waals surface area contributed by atoms with Gasteiger partial charge in [-0.2, -0.15) is 0 Å². The van der Waals surface area contributed by atoms with E-state index in [4.69, 9.17) is 0 Å². The van der Waals surface area contributed by atoms with Crippen LogP contribution in [-0.2, 0) is 14.4 Å². The summed E-state index contributed by atoms with van der Waals surface area (Å²) < 4.78 is 0. The summed E-state index contributed by atoms with van der Waals surface area (Å²) in [5, 5.41) is 6.29. The van der Waals surface area contributed by atoms with Crippen molar-refractivity contribution in [2.75, 3.05) is 19.6 Å². The Kier molecular flexibility index (Phi) is 7.74. The van der Waals surface area contributed by atoms with Crippen LogP contribution < -0.4 is 10.6 Å². The van der Waals surface area contributed by atoms with E-state index in [1.54, 1.807) is 4.90 Å². The molecule has 0 unspecified atom stereocenters. The van der Waals surface area contributed by atoms with E-state index in [2.05, 4.69) is 17.6 Å². The molecule has 1 aliphatic heterocycles. The maximum Gasteiger partial charge on any atom is 0.239 e. The molecule has 6 nitrogen and oxygen atoms in total. The Labute approximate surface area is 169 Å². The predicted molar refractivity (Wildman–Crippen MR) is 108 cm³/mol. The van der Waals surface area contributed by atoms with E-state index in [0.717, 1.165) is 57.4 Å². The molecule has 0 spiro atoms. The lowest BCUT2D eigenvalue weighted by Gasteiger charge is -2.31. The Morgan fingerprint density at radius 1 is 1.00 bits per heavy atom. The molecular formula is C22H37N3O3. The van der Waals surface area contributed by atoms with Gasteiger partial charge in [0.25, 0.3) is 0 Å². The van der Waals surface area contributed by atoms with Gasteiger partial charge in [-0.3, -0.25) is 14.4 Å². The fourth-order valence-corrected chi connectivity index (χ4v) is 5.05. The number of rotatable bonds is 7. The minimum Gasteiger partial charge on any atom is -0.356 e. The van der Waals surface area contributed by atoms with Gasteiger partial charge in [-0.05, 0) is 69.6 Å². The van der Waals surface area contributed by atoms with E-state index in [0.29, 0.717) is 18.9 Å². The number of hydrogen-bond donors (Lipinski definition) is 2. The number of hydrogen-bond acceptors (Lipinski definition) is 3. The fourth-order valence-electron chi connectivity index (χ4n) is 5.05. The molecule has 0 aromatic rings. The molecular weight excluding hydrogens is 354 g/mol. The molecule has 0 bridgehead atoms. The average molecular weight is 392 g/mol. The predicted octanol–water partition coefficient (Wildman–Crippen LogP) is 2.62. The molecule has 158 valence electrons. The molecule has 0 aromatic heterocycles. The number of carbonyl (C=O) groups excluding carboxylic acids is 3. The molecule has 2 N–H and O–H groups in total. The van der Waals surface area contributed by atoms with Crippen LogP contribution >= 0.6 is 0 Å². The quantitative estimate of drug-likeness (QED) is 0.700. The van der Waals surface area contributed by atoms with Gasteiger partial charge >= 0.3 is 0 Å². The second-order valence-corrected chi connectivity index (χ2v) is 9.08. The van der Waals surface area contributed by atoms with Gasteiger partial charge in [-0.25, -0.2) is 0 Å². The molecule has 3 rings (SSSR count). The Balaban J connectivity index is 1.29. The van der Waals surface area contributed by atoms with Crippen LogP contribution in [0.15, 0.2) is 0 Å². The van der Waals surface area contributed by atoms with E-state index in [9.17, 15) is 14.4 Å². The zero-order valence-electron chi connectivity index (χ0n) is 17.4. The lowest BCUT2D eigenvalue weighted by atomic mass is 9.80. The molecule has 1 saturated heterocycles. The second kappa shape index (κ2) is 10.3. The third-order valence-electron chi connectivity index (χ3n) is 7.08. The van der Waals surface area contributed by atoms with E-state index < -0.39 is 0 Å². The van der Waals surface area contributed by atoms with Gasteiger partial charge in [0.15, 0.2) is 0 Å². The third-order valence-corrected chi connectivity index (χ3v) is 7.08. The largest absolute Gasteiger partial charge is 0.356 e. The highest BCUT2D eigenvalue weighted by Gasteiger charge is 2.28. The first-order chi connectivity index (χ1) is 13.5. The van der Waals surface area contributed by atoms with Crippen molar-refractivity contribution in [3.8, 4) is 0 Å². The third kappa shape index (κ3) is 5.95. The molecule has 2 saturated carbocycles. The van der Waals surface area contributed by atoms with Crippen molar-refractivity contribution in [1.29, 1.82) is 0 Å². The minimum atomic E-state index is -0.0327. The SMILES string of the molecule is CCC1CCC(C(=O)NCC2CCC(NC(=O)CN3CCCC3=O)CC2)CC1. The van der Waals surface area contributed by atoms with Gasteiger partial charge < -0.3 is 15.5 Å². The highest BCUT2D eigenvalue weighted by Crippen LogP contribution is 2.31. The molecule has 28 heavy (non-hydrogen) atoms. The molecule has 0 atom stereocenters. The van der Waals surface area contributed by atoms with Gasteiger partial charge in [-0.1, -0.05) is 13.3 Å². The molecule has 3 amide bonds. The Morgan fingerprint density at radius 2 is 1.68 bits per heavy atom. The van der Waals surface area contributed by atoms with Gasteiger partial charge in [-0.15, -0.1) is 0 Å². The normalized spacial score (nSPS) is 30.9. The Bertz CT molecular complexity index is 549. The molecule has 6 heteroatoms. The smallest absolute Gasteiger partial charge is 0.239 e. The lowest BCUT2D eigenvalue weighted by Crippen LogP contribution is -2.44. The second-order valence-electron chi connectivity index (χ2n) is 9.08. The highest BCUT2D eigenvalue weighted by molar-refractivity contribution is 5.86. The molecule has 0 radical (unpaired) electrons. The van der Waals surface area contributed by atoms with E-state index >= 15 is 0 Å². The summed E-state index contributed by atoms with van der Waals surface area (Å²) in [6.07, 6.45) is 11.2. The van der Waals surface area contributed by atoms with Gasteiger partial charge in [0.1, 0.15) is 0 Å². The monoisotopic (exact) mass is 391 g/mol. The van der Waals surface area contributed by atoms with Crippen molar-refractivity contribution in [2.24, 2.45) is 17.8 Å². The minimum absolute atomic E-state index is 0.0327. The maximum absolute atomic E-state index is 12.4. The van der Waals surface area contributed by atoms with Crippen molar-refractivity contribution < 1.29 is 14.4 Å². The van der Waals surface area contributed by atoms with Crippen LogP contribution in [0.2, 0.25) is 0 Å². The first kappa shape index (κ1) is 21.1. The average Bonchev–Trinajstić information content (AvgIpc) is 3.11. The van der Waals surface area contributed by atoms with Crippen LogP contribution in [0.25, 0.3) is 0 Å². The molecule has 3 aliphatic rings. The van der Waals surface area contributed by atoms with E-state index in [1.165, 1.54) is 19.3 Å². The van der Waals surface area contributed by atoms with Crippen LogP contribution in [0.1, 0.15) is 77.6 Å². The summed E-state index contributed by atoms with van der Waals surface area (Å²) in [6.45, 7) is 3.93. The van der Waals surface area contributed by atoms with Gasteiger partial charge in [0.2, 0.25) is 17.7 Å². The Hall–Kier alpha value is -1.59. The summed E-state index contributed by atoms with van der Waals surface area (Å²) in [5.74, 6) is 1.86. The van der Waals surface area contributed by atoms with Crippen molar-refractivity contribution in [3.63, 3.8) is 0 Å². The first-order valence-electron chi connectivity index (χ1n) is 11.4. The zero-order chi connectivity index (χ0) is 19.9. The van der Waals surface area contributed by atoms with Crippen LogP contribution in [0.5, 0.6) is 0 Å². The molecule has 3 fully saturated rings. The standard InChI is InChI=1S/C22H37N3O3/c1-2-16-5-9-18(10-6-16)22(28)23-14-17-7-11-19(12-8-17)24-20(26)15-25-13-3-4-21(25)27/h16-19H,2-15H2,1H3,(H,23,28)(H,24,26). The fraction of sp³-hybridized carbons (Fsp3) is 0.864. The number of amides is 3. The van der Waals surface area contributed by atoms with Crippen molar-refractivity contribution in [1.82, 2.24) is 15.5 Å². The van der Waals surface area contributed by atoms with E-state index in [1.807, 2.05) is 0 Å². The summed E-state index contributed by atoms with van der Waals surface area (Å²) in [4.78, 5) is 37.9. The molecule has 1 heterocycles.